The van der Waals surface area contributed by atoms with Crippen LogP contribution in [0.2, 0.25) is 0 Å². The van der Waals surface area contributed by atoms with Gasteiger partial charge in [-0.25, -0.2) is 13.8 Å². The van der Waals surface area contributed by atoms with Crippen LogP contribution in [0.1, 0.15) is 10.4 Å². The van der Waals surface area contributed by atoms with Crippen LogP contribution in [0.25, 0.3) is 11.3 Å². The summed E-state index contributed by atoms with van der Waals surface area (Å²) in [5.41, 5.74) is 0.735. The van der Waals surface area contributed by atoms with Crippen molar-refractivity contribution in [3.05, 3.63) is 59.0 Å². The molecule has 0 spiro atoms. The molecular weight excluding hydrogens is 362 g/mol. The van der Waals surface area contributed by atoms with Gasteiger partial charge in [-0.05, 0) is 24.3 Å². The molecule has 3 aromatic rings. The third-order valence-corrected chi connectivity index (χ3v) is 4.34. The second-order valence-electron chi connectivity index (χ2n) is 5.16. The van der Waals surface area contributed by atoms with Gasteiger partial charge in [0.15, 0.2) is 16.6 Å². The van der Waals surface area contributed by atoms with E-state index in [-0.39, 0.29) is 16.3 Å². The van der Waals surface area contributed by atoms with Crippen molar-refractivity contribution in [3.8, 4) is 22.8 Å². The van der Waals surface area contributed by atoms with E-state index in [4.69, 9.17) is 9.47 Å². The largest absolute Gasteiger partial charge is 0.493 e. The molecule has 0 aliphatic rings. The highest BCUT2D eigenvalue weighted by molar-refractivity contribution is 7.14. The zero-order valence-electron chi connectivity index (χ0n) is 13.9. The van der Waals surface area contributed by atoms with E-state index in [1.165, 1.54) is 20.3 Å². The van der Waals surface area contributed by atoms with Crippen molar-refractivity contribution >= 4 is 22.4 Å². The summed E-state index contributed by atoms with van der Waals surface area (Å²) in [6.45, 7) is 0. The molecule has 0 bridgehead atoms. The van der Waals surface area contributed by atoms with E-state index >= 15 is 0 Å². The van der Waals surface area contributed by atoms with Gasteiger partial charge in [-0.15, -0.1) is 11.3 Å². The van der Waals surface area contributed by atoms with Gasteiger partial charge in [0.25, 0.3) is 5.91 Å². The van der Waals surface area contributed by atoms with E-state index in [0.717, 1.165) is 23.5 Å². The number of nitrogens with zero attached hydrogens (tertiary/aromatic N) is 1. The summed E-state index contributed by atoms with van der Waals surface area (Å²) < 4.78 is 37.3. The van der Waals surface area contributed by atoms with Gasteiger partial charge < -0.3 is 9.47 Å². The van der Waals surface area contributed by atoms with Gasteiger partial charge in [-0.1, -0.05) is 6.07 Å². The molecule has 0 radical (unpaired) electrons. The summed E-state index contributed by atoms with van der Waals surface area (Å²) in [5.74, 6) is -1.11. The Labute approximate surface area is 152 Å². The lowest BCUT2D eigenvalue weighted by Crippen LogP contribution is -2.13. The summed E-state index contributed by atoms with van der Waals surface area (Å²) >= 11 is 1.13. The van der Waals surface area contributed by atoms with Crippen molar-refractivity contribution in [1.29, 1.82) is 0 Å². The molecule has 5 nitrogen and oxygen atoms in total. The fourth-order valence-corrected chi connectivity index (χ4v) is 3.09. The Morgan fingerprint density at radius 3 is 2.65 bits per heavy atom. The van der Waals surface area contributed by atoms with Crippen LogP contribution < -0.4 is 14.8 Å². The maximum Gasteiger partial charge on any atom is 0.261 e. The number of methoxy groups -OCH3 is 2. The molecule has 1 amide bonds. The summed E-state index contributed by atoms with van der Waals surface area (Å²) in [6.07, 6.45) is 0. The monoisotopic (exact) mass is 376 g/mol. The molecule has 1 N–H and O–H groups in total. The van der Waals surface area contributed by atoms with E-state index in [1.54, 1.807) is 23.6 Å². The van der Waals surface area contributed by atoms with E-state index in [0.29, 0.717) is 17.2 Å². The third kappa shape index (κ3) is 3.50. The second kappa shape index (κ2) is 7.49. The van der Waals surface area contributed by atoms with Gasteiger partial charge in [-0.2, -0.15) is 0 Å². The Morgan fingerprint density at radius 1 is 1.15 bits per heavy atom. The predicted octanol–water partition coefficient (Wildman–Crippen LogP) is 4.36. The number of benzene rings is 2. The van der Waals surface area contributed by atoms with Crippen LogP contribution in [0.5, 0.6) is 11.5 Å². The van der Waals surface area contributed by atoms with Crippen molar-refractivity contribution in [2.24, 2.45) is 0 Å². The molecule has 1 aromatic heterocycles. The zero-order valence-corrected chi connectivity index (χ0v) is 14.7. The third-order valence-electron chi connectivity index (χ3n) is 3.58. The van der Waals surface area contributed by atoms with Gasteiger partial charge in [0.1, 0.15) is 11.6 Å². The van der Waals surface area contributed by atoms with Crippen LogP contribution in [-0.4, -0.2) is 25.1 Å². The average molecular weight is 376 g/mol. The molecule has 3 rings (SSSR count). The van der Waals surface area contributed by atoms with Crippen LogP contribution in [0.3, 0.4) is 0 Å². The Hall–Kier alpha value is -3.00. The fourth-order valence-electron chi connectivity index (χ4n) is 2.38. The number of nitrogens with one attached hydrogen (secondary N) is 1. The first-order valence-electron chi connectivity index (χ1n) is 7.46. The highest BCUT2D eigenvalue weighted by Gasteiger charge is 2.18. The van der Waals surface area contributed by atoms with Crippen LogP contribution in [0.4, 0.5) is 13.9 Å². The molecule has 0 fully saturated rings. The number of para-hydroxylation sites is 1. The highest BCUT2D eigenvalue weighted by Crippen LogP contribution is 2.32. The molecular formula is C18H14F2N2O3S. The Kier molecular flexibility index (Phi) is 5.13. The van der Waals surface area contributed by atoms with Gasteiger partial charge in [-0.3, -0.25) is 10.1 Å². The van der Waals surface area contributed by atoms with Crippen LogP contribution in [0.15, 0.2) is 41.8 Å². The Bertz CT molecular complexity index is 959. The quantitative estimate of drug-likeness (QED) is 0.719. The molecule has 8 heteroatoms. The van der Waals surface area contributed by atoms with Crippen molar-refractivity contribution in [1.82, 2.24) is 4.98 Å². The van der Waals surface area contributed by atoms with E-state index in [1.807, 2.05) is 0 Å². The number of anilines is 1. The van der Waals surface area contributed by atoms with Gasteiger partial charge in [0.2, 0.25) is 0 Å². The van der Waals surface area contributed by atoms with E-state index < -0.39 is 17.5 Å². The number of amides is 1. The SMILES string of the molecule is COc1cccc(C(=O)Nc2nc(-c3ccc(F)cc3F)cs2)c1OC. The molecule has 0 saturated carbocycles. The second-order valence-corrected chi connectivity index (χ2v) is 6.02. The lowest BCUT2D eigenvalue weighted by molar-refractivity contribution is 0.102. The van der Waals surface area contributed by atoms with Crippen LogP contribution >= 0.6 is 11.3 Å². The molecule has 0 atom stereocenters. The first-order chi connectivity index (χ1) is 12.5. The molecule has 0 aliphatic heterocycles. The molecule has 0 unspecified atom stereocenters. The topological polar surface area (TPSA) is 60.5 Å². The van der Waals surface area contributed by atoms with Crippen molar-refractivity contribution in [2.45, 2.75) is 0 Å². The summed E-state index contributed by atoms with van der Waals surface area (Å²) in [6, 6.07) is 8.16. The van der Waals surface area contributed by atoms with Gasteiger partial charge in [0.05, 0.1) is 25.5 Å². The molecule has 134 valence electrons. The number of halogens is 2. The number of carbonyl (C=O) groups excluding carboxylic acids is 1. The minimum Gasteiger partial charge on any atom is -0.493 e. The first-order valence-corrected chi connectivity index (χ1v) is 8.34. The number of rotatable bonds is 5. The van der Waals surface area contributed by atoms with E-state index in [2.05, 4.69) is 10.3 Å². The average Bonchev–Trinajstić information content (AvgIpc) is 3.08. The van der Waals surface area contributed by atoms with Crippen LogP contribution in [-0.2, 0) is 0 Å². The predicted molar refractivity (Wildman–Crippen MR) is 95.0 cm³/mol. The van der Waals surface area contributed by atoms with Crippen molar-refractivity contribution in [3.63, 3.8) is 0 Å². The standard InChI is InChI=1S/C18H14F2N2O3S/c1-24-15-5-3-4-12(16(15)25-2)17(23)22-18-21-14(9-26-18)11-7-6-10(19)8-13(11)20/h3-9H,1-2H3,(H,21,22,23). The summed E-state index contributed by atoms with van der Waals surface area (Å²) in [4.78, 5) is 16.7. The maximum atomic E-state index is 13.9. The number of hydrogen-bond donors (Lipinski definition) is 1. The number of hydrogen-bond acceptors (Lipinski definition) is 5. The molecule has 1 heterocycles. The molecule has 0 aliphatic carbocycles. The minimum atomic E-state index is -0.720. The van der Waals surface area contributed by atoms with Gasteiger partial charge in [0, 0.05) is 17.0 Å². The fraction of sp³-hybridized carbons (Fsp3) is 0.111. The zero-order chi connectivity index (χ0) is 18.7. The normalized spacial score (nSPS) is 10.5. The highest BCUT2D eigenvalue weighted by atomic mass is 32.1. The summed E-state index contributed by atoms with van der Waals surface area (Å²) in [5, 5.41) is 4.50. The van der Waals surface area contributed by atoms with E-state index in [9.17, 15) is 13.6 Å². The number of thiazole rings is 1. The first kappa shape index (κ1) is 17.8. The number of carbonyl (C=O) groups is 1. The Morgan fingerprint density at radius 2 is 1.96 bits per heavy atom. The van der Waals surface area contributed by atoms with Gasteiger partial charge >= 0.3 is 0 Å². The Balaban J connectivity index is 1.85. The molecule has 0 saturated heterocycles. The lowest BCUT2D eigenvalue weighted by Gasteiger charge is -2.11. The summed E-state index contributed by atoms with van der Waals surface area (Å²) in [7, 11) is 2.91. The number of ether oxygens (including phenoxy) is 2. The van der Waals surface area contributed by atoms with Crippen molar-refractivity contribution in [2.75, 3.05) is 19.5 Å². The lowest BCUT2D eigenvalue weighted by atomic mass is 10.1. The minimum absolute atomic E-state index is 0.155. The maximum absolute atomic E-state index is 13.9. The molecule has 2 aromatic carbocycles. The number of aromatic nitrogens is 1. The smallest absolute Gasteiger partial charge is 0.261 e. The molecule has 26 heavy (non-hydrogen) atoms. The van der Waals surface area contributed by atoms with Crippen molar-refractivity contribution < 1.29 is 23.0 Å². The van der Waals surface area contributed by atoms with Crippen LogP contribution in [0, 0.1) is 11.6 Å².